The maximum Gasteiger partial charge on any atom is 0.220 e. The summed E-state index contributed by atoms with van der Waals surface area (Å²) in [7, 11) is 0. The highest BCUT2D eigenvalue weighted by Crippen LogP contribution is 2.39. The summed E-state index contributed by atoms with van der Waals surface area (Å²) in [6.07, 6.45) is 4.54. The standard InChI is InChI=1S/C21H21N5O.CH4/c22-12-16-14-4-3-5-15(14)21(25-10-8-13(9-11-25)19(23)27)26-18-7-2-1-6-17(18)24-20(16)26;/h1-2,6-7,13H,3-5,8-11H2,(H2,23,27);1H4. The van der Waals surface area contributed by atoms with Gasteiger partial charge in [-0.15, -0.1) is 0 Å². The highest BCUT2D eigenvalue weighted by molar-refractivity contribution is 5.87. The molecule has 2 aliphatic rings. The summed E-state index contributed by atoms with van der Waals surface area (Å²) < 4.78 is 2.17. The van der Waals surface area contributed by atoms with Gasteiger partial charge in [0.15, 0.2) is 5.65 Å². The van der Waals surface area contributed by atoms with Crippen LogP contribution in [0.2, 0.25) is 0 Å². The molecule has 144 valence electrons. The Kier molecular flexibility index (Phi) is 4.46. The second-order valence-corrected chi connectivity index (χ2v) is 7.54. The van der Waals surface area contributed by atoms with E-state index in [9.17, 15) is 10.1 Å². The fourth-order valence-electron chi connectivity index (χ4n) is 4.77. The van der Waals surface area contributed by atoms with Crippen molar-refractivity contribution in [3.8, 4) is 6.07 Å². The Balaban J connectivity index is 0.00000192. The van der Waals surface area contributed by atoms with Gasteiger partial charge in [0.2, 0.25) is 5.91 Å². The number of carbonyl (C=O) groups excluding carboxylic acids is 1. The van der Waals surface area contributed by atoms with Crippen molar-refractivity contribution in [2.75, 3.05) is 18.0 Å². The first-order valence-electron chi connectivity index (χ1n) is 9.58. The molecule has 2 aromatic heterocycles. The Morgan fingerprint density at radius 3 is 2.61 bits per heavy atom. The van der Waals surface area contributed by atoms with Gasteiger partial charge in [-0.2, -0.15) is 5.26 Å². The fraction of sp³-hybridized carbons (Fsp3) is 0.409. The summed E-state index contributed by atoms with van der Waals surface area (Å²) >= 11 is 0. The second-order valence-electron chi connectivity index (χ2n) is 7.54. The minimum Gasteiger partial charge on any atom is -0.369 e. The number of hydrogen-bond acceptors (Lipinski definition) is 4. The van der Waals surface area contributed by atoms with Crippen molar-refractivity contribution in [1.82, 2.24) is 9.38 Å². The van der Waals surface area contributed by atoms with Crippen molar-refractivity contribution in [1.29, 1.82) is 5.26 Å². The summed E-state index contributed by atoms with van der Waals surface area (Å²) in [4.78, 5) is 18.7. The summed E-state index contributed by atoms with van der Waals surface area (Å²) in [6.45, 7) is 1.60. The lowest BCUT2D eigenvalue weighted by Crippen LogP contribution is -2.39. The highest BCUT2D eigenvalue weighted by atomic mass is 16.1. The molecule has 6 heteroatoms. The van der Waals surface area contributed by atoms with Crippen LogP contribution in [0.1, 0.15) is 43.4 Å². The van der Waals surface area contributed by atoms with E-state index < -0.39 is 0 Å². The number of piperidine rings is 1. The van der Waals surface area contributed by atoms with Gasteiger partial charge in [-0.1, -0.05) is 19.6 Å². The van der Waals surface area contributed by atoms with E-state index in [1.165, 1.54) is 5.56 Å². The van der Waals surface area contributed by atoms with E-state index in [-0.39, 0.29) is 19.3 Å². The maximum absolute atomic E-state index is 11.6. The van der Waals surface area contributed by atoms with Gasteiger partial charge in [0.25, 0.3) is 0 Å². The monoisotopic (exact) mass is 375 g/mol. The summed E-state index contributed by atoms with van der Waals surface area (Å²) in [5, 5.41) is 9.85. The molecule has 0 spiro atoms. The fourth-order valence-corrected chi connectivity index (χ4v) is 4.77. The molecule has 1 aromatic carbocycles. The smallest absolute Gasteiger partial charge is 0.220 e. The molecular weight excluding hydrogens is 350 g/mol. The zero-order valence-electron chi connectivity index (χ0n) is 15.1. The molecule has 3 heterocycles. The number of aromatic nitrogens is 2. The van der Waals surface area contributed by atoms with Crippen LogP contribution >= 0.6 is 0 Å². The number of nitriles is 1. The molecule has 6 nitrogen and oxygen atoms in total. The third kappa shape index (κ3) is 2.54. The lowest BCUT2D eigenvalue weighted by molar-refractivity contribution is -0.122. The highest BCUT2D eigenvalue weighted by Gasteiger charge is 2.31. The van der Waals surface area contributed by atoms with Gasteiger partial charge in [-0.25, -0.2) is 4.98 Å². The second kappa shape index (κ2) is 6.83. The van der Waals surface area contributed by atoms with E-state index in [2.05, 4.69) is 21.4 Å². The lowest BCUT2D eigenvalue weighted by atomic mass is 9.95. The molecule has 3 aromatic rings. The molecule has 0 atom stereocenters. The Morgan fingerprint density at radius 1 is 1.18 bits per heavy atom. The van der Waals surface area contributed by atoms with Crippen LogP contribution in [0.15, 0.2) is 24.3 Å². The number of pyridine rings is 1. The minimum absolute atomic E-state index is 0. The number of nitrogens with zero attached hydrogens (tertiary/aromatic N) is 4. The molecule has 0 bridgehead atoms. The molecule has 2 N–H and O–H groups in total. The van der Waals surface area contributed by atoms with Crippen molar-refractivity contribution in [2.45, 2.75) is 39.5 Å². The van der Waals surface area contributed by atoms with Crippen LogP contribution in [0.4, 0.5) is 5.82 Å². The van der Waals surface area contributed by atoms with Gasteiger partial charge in [0.1, 0.15) is 11.9 Å². The number of fused-ring (bicyclic) bond motifs is 4. The van der Waals surface area contributed by atoms with Crippen molar-refractivity contribution >= 4 is 28.4 Å². The number of para-hydroxylation sites is 2. The average molecular weight is 375 g/mol. The number of nitrogens with two attached hydrogens (primary N) is 1. The number of rotatable bonds is 2. The number of primary amides is 1. The number of benzene rings is 1. The number of anilines is 1. The van der Waals surface area contributed by atoms with E-state index in [4.69, 9.17) is 10.7 Å². The summed E-state index contributed by atoms with van der Waals surface area (Å²) in [5.74, 6) is 0.925. The Hall–Kier alpha value is -3.07. The van der Waals surface area contributed by atoms with Crippen LogP contribution in [0.3, 0.4) is 0 Å². The topological polar surface area (TPSA) is 87.4 Å². The van der Waals surface area contributed by atoms with Crippen LogP contribution in [-0.2, 0) is 17.6 Å². The van der Waals surface area contributed by atoms with Crippen molar-refractivity contribution in [3.05, 3.63) is 41.0 Å². The molecule has 0 saturated carbocycles. The molecule has 1 saturated heterocycles. The van der Waals surface area contributed by atoms with Gasteiger partial charge >= 0.3 is 0 Å². The first-order valence-corrected chi connectivity index (χ1v) is 9.58. The average Bonchev–Trinajstić information content (AvgIpc) is 3.31. The molecule has 28 heavy (non-hydrogen) atoms. The van der Waals surface area contributed by atoms with E-state index in [1.54, 1.807) is 0 Å². The number of hydrogen-bond donors (Lipinski definition) is 1. The zero-order chi connectivity index (χ0) is 18.5. The molecule has 1 aliphatic carbocycles. The van der Waals surface area contributed by atoms with Crippen molar-refractivity contribution < 1.29 is 4.79 Å². The zero-order valence-corrected chi connectivity index (χ0v) is 15.1. The van der Waals surface area contributed by atoms with E-state index in [0.717, 1.165) is 78.8 Å². The molecule has 0 unspecified atom stereocenters. The predicted octanol–water partition coefficient (Wildman–Crippen LogP) is 3.19. The SMILES string of the molecule is C.N#Cc1c2c(c(N3CCC(C(N)=O)CC3)n3c1nc1ccccc13)CCC2. The summed E-state index contributed by atoms with van der Waals surface area (Å²) in [5.41, 5.74) is 11.4. The molecule has 1 amide bonds. The molecule has 1 aliphatic heterocycles. The summed E-state index contributed by atoms with van der Waals surface area (Å²) in [6, 6.07) is 10.5. The number of carbonyl (C=O) groups is 1. The van der Waals surface area contributed by atoms with Gasteiger partial charge in [-0.3, -0.25) is 9.20 Å². The maximum atomic E-state index is 11.6. The van der Waals surface area contributed by atoms with Crippen LogP contribution in [0.5, 0.6) is 0 Å². The van der Waals surface area contributed by atoms with Crippen molar-refractivity contribution in [3.63, 3.8) is 0 Å². The third-order valence-electron chi connectivity index (χ3n) is 6.09. The lowest BCUT2D eigenvalue weighted by Gasteiger charge is -2.34. The van der Waals surface area contributed by atoms with Gasteiger partial charge in [0.05, 0.1) is 16.6 Å². The number of amides is 1. The van der Waals surface area contributed by atoms with E-state index in [1.807, 2.05) is 18.2 Å². The van der Waals surface area contributed by atoms with Gasteiger partial charge in [0, 0.05) is 19.0 Å². The molecular formula is C22H25N5O. The molecule has 1 fully saturated rings. The van der Waals surface area contributed by atoms with E-state index >= 15 is 0 Å². The Morgan fingerprint density at radius 2 is 1.89 bits per heavy atom. The van der Waals surface area contributed by atoms with Crippen LogP contribution in [-0.4, -0.2) is 28.4 Å². The molecule has 5 rings (SSSR count). The van der Waals surface area contributed by atoms with Crippen molar-refractivity contribution in [2.24, 2.45) is 11.7 Å². The van der Waals surface area contributed by atoms with Crippen LogP contribution in [0.25, 0.3) is 16.7 Å². The first kappa shape index (κ1) is 18.3. The van der Waals surface area contributed by atoms with E-state index in [0.29, 0.717) is 0 Å². The largest absolute Gasteiger partial charge is 0.369 e. The Bertz CT molecular complexity index is 1120. The predicted molar refractivity (Wildman–Crippen MR) is 110 cm³/mol. The van der Waals surface area contributed by atoms with Crippen LogP contribution in [0, 0.1) is 17.2 Å². The van der Waals surface area contributed by atoms with Gasteiger partial charge < -0.3 is 10.6 Å². The van der Waals surface area contributed by atoms with Gasteiger partial charge in [-0.05, 0) is 55.4 Å². The first-order chi connectivity index (χ1) is 13.2. The quantitative estimate of drug-likeness (QED) is 0.745. The Labute approximate surface area is 164 Å². The molecule has 0 radical (unpaired) electrons. The third-order valence-corrected chi connectivity index (χ3v) is 6.09. The number of imidazole rings is 1. The minimum atomic E-state index is -0.196. The van der Waals surface area contributed by atoms with Crippen LogP contribution < -0.4 is 10.6 Å². The normalized spacial score (nSPS) is 16.8.